The average Bonchev–Trinajstić information content (AvgIpc) is 2.36. The van der Waals surface area contributed by atoms with Crippen LogP contribution in [0.5, 0.6) is 0 Å². The number of carbonyl (C=O) groups is 1. The molecule has 1 rings (SSSR count). The highest BCUT2D eigenvalue weighted by Crippen LogP contribution is 2.13. The molecule has 1 heterocycles. The van der Waals surface area contributed by atoms with E-state index in [1.807, 2.05) is 0 Å². The van der Waals surface area contributed by atoms with Gasteiger partial charge in [0.05, 0.1) is 13.4 Å². The molecular weight excluding hydrogens is 220 g/mol. The number of methoxy groups -OCH3 is 1. The second-order valence-corrected chi connectivity index (χ2v) is 3.87. The molecule has 1 atom stereocenters. The summed E-state index contributed by atoms with van der Waals surface area (Å²) in [6.45, 7) is 7.16. The third-order valence-corrected chi connectivity index (χ3v) is 2.75. The molecule has 0 aliphatic carbocycles. The van der Waals surface area contributed by atoms with Gasteiger partial charge in [-0.2, -0.15) is 0 Å². The van der Waals surface area contributed by atoms with Crippen molar-refractivity contribution in [3.8, 4) is 0 Å². The molecule has 0 radical (unpaired) electrons. The maximum Gasteiger partial charge on any atom is 0.323 e. The van der Waals surface area contributed by atoms with Gasteiger partial charge in [0.2, 0.25) is 0 Å². The molecule has 17 heavy (non-hydrogen) atoms. The summed E-state index contributed by atoms with van der Waals surface area (Å²) in [7, 11) is 1.40. The van der Waals surface area contributed by atoms with Crippen LogP contribution in [0, 0.1) is 0 Å². The third-order valence-electron chi connectivity index (χ3n) is 2.75. The van der Waals surface area contributed by atoms with Crippen LogP contribution in [0.3, 0.4) is 0 Å². The monoisotopic (exact) mass is 240 g/mol. The summed E-state index contributed by atoms with van der Waals surface area (Å²) in [4.78, 5) is 17.7. The first-order valence-corrected chi connectivity index (χ1v) is 5.63. The highest BCUT2D eigenvalue weighted by atomic mass is 16.5. The fraction of sp³-hybridized carbons (Fsp3) is 0.636. The molecule has 0 aromatic heterocycles. The molecule has 0 bridgehead atoms. The summed E-state index contributed by atoms with van der Waals surface area (Å²) in [6, 6.07) is -0.321. The largest absolute Gasteiger partial charge is 0.468 e. The lowest BCUT2D eigenvalue weighted by molar-refractivity contribution is -0.147. The summed E-state index contributed by atoms with van der Waals surface area (Å²) in [5.74, 6) is -0.250. The number of hydrogen-bond acceptors (Lipinski definition) is 5. The second kappa shape index (κ2) is 7.03. The Hall–Kier alpha value is -1.40. The fourth-order valence-electron chi connectivity index (χ4n) is 1.87. The molecule has 1 saturated heterocycles. The Bertz CT molecular complexity index is 298. The predicted octanol–water partition coefficient (Wildman–Crippen LogP) is -0.676. The normalized spacial score (nSPS) is 19.1. The van der Waals surface area contributed by atoms with Gasteiger partial charge in [-0.3, -0.25) is 9.69 Å². The van der Waals surface area contributed by atoms with Gasteiger partial charge in [-0.05, 0) is 0 Å². The van der Waals surface area contributed by atoms with Crippen LogP contribution in [0.1, 0.15) is 6.42 Å². The van der Waals surface area contributed by atoms with E-state index < -0.39 is 0 Å². The molecule has 0 saturated carbocycles. The Morgan fingerprint density at radius 3 is 2.82 bits per heavy atom. The van der Waals surface area contributed by atoms with Crippen LogP contribution < -0.4 is 11.1 Å². The van der Waals surface area contributed by atoms with E-state index >= 15 is 0 Å². The van der Waals surface area contributed by atoms with Crippen LogP contribution in [-0.2, 0) is 9.53 Å². The maximum absolute atomic E-state index is 11.7. The second-order valence-electron chi connectivity index (χ2n) is 3.87. The van der Waals surface area contributed by atoms with Gasteiger partial charge in [0, 0.05) is 38.3 Å². The first-order valence-electron chi connectivity index (χ1n) is 5.63. The molecule has 1 aliphatic rings. The number of ether oxygens (including phenoxy) is 1. The molecule has 0 amide bonds. The van der Waals surface area contributed by atoms with Crippen molar-refractivity contribution in [1.82, 2.24) is 10.2 Å². The highest BCUT2D eigenvalue weighted by Gasteiger charge is 2.28. The minimum absolute atomic E-state index is 0.250. The number of nitrogens with one attached hydrogen (secondary N) is 1. The van der Waals surface area contributed by atoms with Crippen LogP contribution >= 0.6 is 0 Å². The van der Waals surface area contributed by atoms with Gasteiger partial charge in [-0.15, -0.1) is 0 Å². The van der Waals surface area contributed by atoms with Crippen molar-refractivity contribution in [3.05, 3.63) is 12.3 Å². The van der Waals surface area contributed by atoms with Gasteiger partial charge < -0.3 is 15.8 Å². The molecule has 0 spiro atoms. The molecule has 0 unspecified atom stereocenters. The van der Waals surface area contributed by atoms with E-state index in [1.54, 1.807) is 0 Å². The predicted molar refractivity (Wildman–Crippen MR) is 66.7 cm³/mol. The van der Waals surface area contributed by atoms with Crippen LogP contribution in [0.15, 0.2) is 17.3 Å². The minimum atomic E-state index is -0.321. The molecule has 6 heteroatoms. The molecule has 6 nitrogen and oxygen atoms in total. The number of nitrogens with two attached hydrogens (primary N) is 1. The molecule has 1 fully saturated rings. The Balaban J connectivity index is 2.65. The van der Waals surface area contributed by atoms with Crippen LogP contribution in [0.2, 0.25) is 0 Å². The van der Waals surface area contributed by atoms with Gasteiger partial charge in [0.15, 0.2) is 0 Å². The SMILES string of the molecule is C=C(C[C@@H](C(=O)OC)N1CCNCC1)N=CN. The van der Waals surface area contributed by atoms with Gasteiger partial charge >= 0.3 is 5.97 Å². The van der Waals surface area contributed by atoms with Gasteiger partial charge in [-0.25, -0.2) is 4.99 Å². The number of aliphatic imine (C=N–C) groups is 1. The van der Waals surface area contributed by atoms with Crippen LogP contribution in [0.25, 0.3) is 0 Å². The third kappa shape index (κ3) is 4.16. The number of hydrogen-bond donors (Lipinski definition) is 2. The van der Waals surface area contributed by atoms with E-state index in [4.69, 9.17) is 10.5 Å². The zero-order chi connectivity index (χ0) is 12.7. The van der Waals surface area contributed by atoms with Gasteiger partial charge in [-0.1, -0.05) is 6.58 Å². The number of nitrogens with zero attached hydrogens (tertiary/aromatic N) is 2. The van der Waals surface area contributed by atoms with E-state index in [-0.39, 0.29) is 12.0 Å². The summed E-state index contributed by atoms with van der Waals surface area (Å²) in [5.41, 5.74) is 5.78. The Morgan fingerprint density at radius 1 is 1.65 bits per heavy atom. The standard InChI is InChI=1S/C11H20N4O2/c1-9(14-8-12)7-10(11(16)17-2)15-5-3-13-4-6-15/h8,10,13H,1,3-7H2,2H3,(H2,12,14)/t10-/m0/s1. The summed E-state index contributed by atoms with van der Waals surface area (Å²) in [5, 5.41) is 3.24. The Kier molecular flexibility index (Phi) is 5.65. The average molecular weight is 240 g/mol. The Labute approximate surface area is 102 Å². The van der Waals surface area contributed by atoms with Crippen molar-refractivity contribution in [2.75, 3.05) is 33.3 Å². The summed E-state index contributed by atoms with van der Waals surface area (Å²) >= 11 is 0. The molecule has 3 N–H and O–H groups in total. The number of esters is 1. The number of rotatable bonds is 5. The first-order chi connectivity index (χ1) is 8.19. The molecule has 0 aromatic rings. The van der Waals surface area contributed by atoms with Crippen LogP contribution in [-0.4, -0.2) is 56.5 Å². The van der Waals surface area contributed by atoms with Crippen molar-refractivity contribution < 1.29 is 9.53 Å². The van der Waals surface area contributed by atoms with Gasteiger partial charge in [0.1, 0.15) is 6.04 Å². The van der Waals surface area contributed by atoms with Crippen molar-refractivity contribution in [3.63, 3.8) is 0 Å². The van der Waals surface area contributed by atoms with Crippen molar-refractivity contribution in [2.24, 2.45) is 10.7 Å². The summed E-state index contributed by atoms with van der Waals surface area (Å²) in [6.07, 6.45) is 1.63. The van der Waals surface area contributed by atoms with Gasteiger partial charge in [0.25, 0.3) is 0 Å². The minimum Gasteiger partial charge on any atom is -0.468 e. The lowest BCUT2D eigenvalue weighted by Gasteiger charge is -2.33. The number of piperazine rings is 1. The maximum atomic E-state index is 11.7. The van der Waals surface area contributed by atoms with E-state index in [9.17, 15) is 4.79 Å². The van der Waals surface area contributed by atoms with E-state index in [0.717, 1.165) is 26.2 Å². The van der Waals surface area contributed by atoms with E-state index in [1.165, 1.54) is 13.4 Å². The molecule has 96 valence electrons. The summed E-state index contributed by atoms with van der Waals surface area (Å²) < 4.78 is 4.82. The quantitative estimate of drug-likeness (QED) is 0.378. The zero-order valence-corrected chi connectivity index (χ0v) is 10.2. The Morgan fingerprint density at radius 2 is 2.29 bits per heavy atom. The van der Waals surface area contributed by atoms with Crippen molar-refractivity contribution in [1.29, 1.82) is 0 Å². The topological polar surface area (TPSA) is 80.0 Å². The molecule has 0 aromatic carbocycles. The number of carbonyl (C=O) groups excluding carboxylic acids is 1. The molecule has 1 aliphatic heterocycles. The fourth-order valence-corrected chi connectivity index (χ4v) is 1.87. The van der Waals surface area contributed by atoms with E-state index in [2.05, 4.69) is 21.8 Å². The lowest BCUT2D eigenvalue weighted by Crippen LogP contribution is -2.51. The smallest absolute Gasteiger partial charge is 0.323 e. The molecular formula is C11H20N4O2. The highest BCUT2D eigenvalue weighted by molar-refractivity contribution is 5.76. The lowest BCUT2D eigenvalue weighted by atomic mass is 10.1. The van der Waals surface area contributed by atoms with Crippen molar-refractivity contribution >= 4 is 12.3 Å². The van der Waals surface area contributed by atoms with Crippen LogP contribution in [0.4, 0.5) is 0 Å². The zero-order valence-electron chi connectivity index (χ0n) is 10.2. The van der Waals surface area contributed by atoms with Crippen molar-refractivity contribution in [2.45, 2.75) is 12.5 Å². The van der Waals surface area contributed by atoms with E-state index in [0.29, 0.717) is 12.1 Å². The first kappa shape index (κ1) is 13.7.